The summed E-state index contributed by atoms with van der Waals surface area (Å²) in [6.45, 7) is 1.24. The summed E-state index contributed by atoms with van der Waals surface area (Å²) in [5.74, 6) is 0. The predicted octanol–water partition coefficient (Wildman–Crippen LogP) is 3.53. The van der Waals surface area contributed by atoms with Gasteiger partial charge in [-0.25, -0.2) is 0 Å². The molecule has 1 aliphatic rings. The maximum Gasteiger partial charge on any atom is 0.201 e. The largest absolute Gasteiger partial charge is 0.398 e. The quantitative estimate of drug-likeness (QED) is 0.734. The van der Waals surface area contributed by atoms with E-state index in [2.05, 4.69) is 11.1 Å². The lowest BCUT2D eigenvalue weighted by atomic mass is 9.98. The van der Waals surface area contributed by atoms with Crippen LogP contribution in [0.1, 0.15) is 12.0 Å². The van der Waals surface area contributed by atoms with Crippen LogP contribution in [0.3, 0.4) is 0 Å². The van der Waals surface area contributed by atoms with Gasteiger partial charge in [-0.05, 0) is 23.1 Å². The van der Waals surface area contributed by atoms with Gasteiger partial charge in [-0.3, -0.25) is 4.98 Å². The molecular formula is C18H16N2O2. The van der Waals surface area contributed by atoms with E-state index in [1.54, 1.807) is 0 Å². The van der Waals surface area contributed by atoms with Crippen molar-refractivity contribution in [1.29, 1.82) is 0 Å². The van der Waals surface area contributed by atoms with Gasteiger partial charge in [0.25, 0.3) is 0 Å². The minimum absolute atomic E-state index is 0.336. The van der Waals surface area contributed by atoms with E-state index in [-0.39, 0.29) is 6.29 Å². The Kier molecular flexibility index (Phi) is 3.25. The van der Waals surface area contributed by atoms with Gasteiger partial charge in [0.05, 0.1) is 18.9 Å². The van der Waals surface area contributed by atoms with Crippen LogP contribution in [0, 0.1) is 0 Å². The molecule has 4 heteroatoms. The van der Waals surface area contributed by atoms with Crippen molar-refractivity contribution in [2.75, 3.05) is 18.9 Å². The van der Waals surface area contributed by atoms with Gasteiger partial charge in [0, 0.05) is 22.8 Å². The highest BCUT2D eigenvalue weighted by atomic mass is 16.7. The number of hydrogen-bond donors (Lipinski definition) is 1. The number of nitrogens with zero attached hydrogens (tertiary/aromatic N) is 1. The Balaban J connectivity index is 1.77. The molecule has 2 heterocycles. The minimum atomic E-state index is -0.336. The first-order valence-electron chi connectivity index (χ1n) is 7.30. The molecule has 4 rings (SSSR count). The molecule has 0 aliphatic carbocycles. The average Bonchev–Trinajstić information content (AvgIpc) is 3.10. The van der Waals surface area contributed by atoms with Gasteiger partial charge in [-0.15, -0.1) is 0 Å². The van der Waals surface area contributed by atoms with Gasteiger partial charge in [0.2, 0.25) is 6.29 Å². The molecule has 0 spiro atoms. The molecule has 4 nitrogen and oxygen atoms in total. The first-order chi connectivity index (χ1) is 10.8. The molecule has 3 aromatic rings. The van der Waals surface area contributed by atoms with Crippen LogP contribution in [0.5, 0.6) is 0 Å². The highest BCUT2D eigenvalue weighted by molar-refractivity contribution is 6.02. The molecule has 0 saturated carbocycles. The molecule has 1 fully saturated rings. The molecule has 0 radical (unpaired) electrons. The van der Waals surface area contributed by atoms with Crippen molar-refractivity contribution in [3.8, 4) is 11.1 Å². The zero-order valence-corrected chi connectivity index (χ0v) is 12.0. The lowest BCUT2D eigenvalue weighted by molar-refractivity contribution is -0.0472. The fourth-order valence-electron chi connectivity index (χ4n) is 2.81. The van der Waals surface area contributed by atoms with Crippen molar-refractivity contribution in [2.45, 2.75) is 6.29 Å². The first kappa shape index (κ1) is 13.2. The summed E-state index contributed by atoms with van der Waals surface area (Å²) in [7, 11) is 0. The third-order valence-corrected chi connectivity index (χ3v) is 3.92. The van der Waals surface area contributed by atoms with Gasteiger partial charge in [0.1, 0.15) is 0 Å². The monoisotopic (exact) mass is 292 g/mol. The van der Waals surface area contributed by atoms with E-state index in [0.29, 0.717) is 13.2 Å². The van der Waals surface area contributed by atoms with E-state index in [4.69, 9.17) is 15.2 Å². The summed E-state index contributed by atoms with van der Waals surface area (Å²) in [6.07, 6.45) is 1.52. The third kappa shape index (κ3) is 2.22. The zero-order chi connectivity index (χ0) is 14.9. The van der Waals surface area contributed by atoms with Crippen LogP contribution < -0.4 is 5.73 Å². The Hall–Kier alpha value is -2.43. The third-order valence-electron chi connectivity index (χ3n) is 3.92. The van der Waals surface area contributed by atoms with Crippen molar-refractivity contribution >= 4 is 16.5 Å². The van der Waals surface area contributed by atoms with Crippen LogP contribution in [0.2, 0.25) is 0 Å². The first-order valence-corrected chi connectivity index (χ1v) is 7.30. The molecule has 0 amide bonds. The van der Waals surface area contributed by atoms with Gasteiger partial charge in [0.15, 0.2) is 0 Å². The Morgan fingerprint density at radius 2 is 1.68 bits per heavy atom. The van der Waals surface area contributed by atoms with Crippen molar-refractivity contribution in [1.82, 2.24) is 4.98 Å². The van der Waals surface area contributed by atoms with Crippen LogP contribution >= 0.6 is 0 Å². The Labute approximate surface area is 128 Å². The van der Waals surface area contributed by atoms with Crippen LogP contribution in [0.25, 0.3) is 21.9 Å². The lowest BCUT2D eigenvalue weighted by Gasteiger charge is -2.11. The van der Waals surface area contributed by atoms with Crippen LogP contribution in [-0.4, -0.2) is 18.2 Å². The second kappa shape index (κ2) is 5.40. The topological polar surface area (TPSA) is 57.4 Å². The van der Waals surface area contributed by atoms with Gasteiger partial charge >= 0.3 is 0 Å². The van der Waals surface area contributed by atoms with Gasteiger partial charge in [-0.1, -0.05) is 36.4 Å². The Morgan fingerprint density at radius 3 is 2.41 bits per heavy atom. The highest BCUT2D eigenvalue weighted by Gasteiger charge is 2.19. The fraction of sp³-hybridized carbons (Fsp3) is 0.167. The number of anilines is 1. The van der Waals surface area contributed by atoms with Gasteiger partial charge in [-0.2, -0.15) is 0 Å². The summed E-state index contributed by atoms with van der Waals surface area (Å²) in [5.41, 5.74) is 9.83. The lowest BCUT2D eigenvalue weighted by Crippen LogP contribution is -2.00. The summed E-state index contributed by atoms with van der Waals surface area (Å²) >= 11 is 0. The van der Waals surface area contributed by atoms with E-state index in [1.165, 1.54) is 0 Å². The van der Waals surface area contributed by atoms with Crippen LogP contribution in [-0.2, 0) is 9.47 Å². The van der Waals surface area contributed by atoms with E-state index >= 15 is 0 Å². The number of benzene rings is 2. The molecule has 1 saturated heterocycles. The van der Waals surface area contributed by atoms with Crippen molar-refractivity contribution in [3.63, 3.8) is 0 Å². The van der Waals surface area contributed by atoms with Crippen molar-refractivity contribution in [3.05, 3.63) is 60.4 Å². The zero-order valence-electron chi connectivity index (χ0n) is 12.0. The molecule has 1 aliphatic heterocycles. The summed E-state index contributed by atoms with van der Waals surface area (Å²) < 4.78 is 10.9. The Bertz CT molecular complexity index is 809. The number of ether oxygens (including phenoxy) is 2. The van der Waals surface area contributed by atoms with Gasteiger partial charge < -0.3 is 15.2 Å². The number of rotatable bonds is 2. The van der Waals surface area contributed by atoms with Crippen LogP contribution in [0.15, 0.2) is 54.7 Å². The Morgan fingerprint density at radius 1 is 0.909 bits per heavy atom. The maximum absolute atomic E-state index is 6.06. The fourth-order valence-corrected chi connectivity index (χ4v) is 2.81. The molecule has 2 N–H and O–H groups in total. The molecule has 0 bridgehead atoms. The van der Waals surface area contributed by atoms with E-state index in [0.717, 1.165) is 33.3 Å². The minimum Gasteiger partial charge on any atom is -0.398 e. The standard InChI is InChI=1S/C18H16N2O2/c19-16-7-6-13(14-3-1-2-4-15(14)16)12-5-8-17(20-11-12)18-21-9-10-22-18/h1-8,11,18H,9-10,19H2. The molecule has 110 valence electrons. The highest BCUT2D eigenvalue weighted by Crippen LogP contribution is 2.32. The second-order valence-corrected chi connectivity index (χ2v) is 5.29. The molecule has 1 aromatic heterocycles. The van der Waals surface area contributed by atoms with E-state index in [9.17, 15) is 0 Å². The summed E-state index contributed by atoms with van der Waals surface area (Å²) in [5, 5.41) is 2.19. The summed E-state index contributed by atoms with van der Waals surface area (Å²) in [4.78, 5) is 4.49. The number of aromatic nitrogens is 1. The summed E-state index contributed by atoms with van der Waals surface area (Å²) in [6, 6.07) is 16.1. The normalized spacial score (nSPS) is 15.5. The van der Waals surface area contributed by atoms with Crippen LogP contribution in [0.4, 0.5) is 5.69 Å². The smallest absolute Gasteiger partial charge is 0.201 e. The van der Waals surface area contributed by atoms with E-state index in [1.807, 2.05) is 48.7 Å². The molecule has 22 heavy (non-hydrogen) atoms. The van der Waals surface area contributed by atoms with E-state index < -0.39 is 0 Å². The average molecular weight is 292 g/mol. The molecule has 2 aromatic carbocycles. The number of hydrogen-bond acceptors (Lipinski definition) is 4. The molecule has 0 atom stereocenters. The van der Waals surface area contributed by atoms with Crippen molar-refractivity contribution in [2.24, 2.45) is 0 Å². The van der Waals surface area contributed by atoms with Crippen molar-refractivity contribution < 1.29 is 9.47 Å². The number of nitrogen functional groups attached to an aromatic ring is 1. The number of pyridine rings is 1. The predicted molar refractivity (Wildman–Crippen MR) is 86.2 cm³/mol. The molecular weight excluding hydrogens is 276 g/mol. The SMILES string of the molecule is Nc1ccc(-c2ccc(C3OCCO3)nc2)c2ccccc12. The number of nitrogens with two attached hydrogens (primary N) is 1. The maximum atomic E-state index is 6.06. The second-order valence-electron chi connectivity index (χ2n) is 5.29. The molecule has 0 unspecified atom stereocenters. The number of fused-ring (bicyclic) bond motifs is 1.